The minimum Gasteiger partial charge on any atom is -0.480 e. The number of rotatable bonds is 6. The molecule has 0 aromatic heterocycles. The second-order valence-electron chi connectivity index (χ2n) is 6.84. The molecule has 3 atom stereocenters. The van der Waals surface area contributed by atoms with Gasteiger partial charge in [0.2, 0.25) is 0 Å². The van der Waals surface area contributed by atoms with E-state index in [1.807, 2.05) is 0 Å². The predicted molar refractivity (Wildman–Crippen MR) is 96.5 cm³/mol. The van der Waals surface area contributed by atoms with Crippen molar-refractivity contribution >= 4 is 23.5 Å². The number of hydrogen-bond donors (Lipinski definition) is 3. The molecule has 3 unspecified atom stereocenters. The fraction of sp³-hybridized carbons (Fsp3) is 0.526. The first kappa shape index (κ1) is 19.3. The smallest absolute Gasteiger partial charge is 0.326 e. The lowest BCUT2D eigenvalue weighted by Gasteiger charge is -2.28. The van der Waals surface area contributed by atoms with Crippen LogP contribution in [0.25, 0.3) is 0 Å². The Morgan fingerprint density at radius 2 is 1.96 bits per heavy atom. The lowest BCUT2D eigenvalue weighted by atomic mass is 9.93. The van der Waals surface area contributed by atoms with Crippen molar-refractivity contribution in [2.24, 2.45) is 5.92 Å². The summed E-state index contributed by atoms with van der Waals surface area (Å²) in [5, 5.41) is 14.8. The first-order valence-corrected chi connectivity index (χ1v) is 9.18. The van der Waals surface area contributed by atoms with E-state index in [-0.39, 0.29) is 17.4 Å². The normalized spacial score (nSPS) is 23.4. The number of anilines is 1. The second-order valence-corrected chi connectivity index (χ2v) is 6.84. The topological polar surface area (TPSA) is 114 Å². The molecule has 0 aliphatic carbocycles. The number of amides is 2. The van der Waals surface area contributed by atoms with Gasteiger partial charge in [0.25, 0.3) is 11.8 Å². The zero-order valence-electron chi connectivity index (χ0n) is 15.0. The third-order valence-electron chi connectivity index (χ3n) is 4.83. The van der Waals surface area contributed by atoms with Gasteiger partial charge in [-0.3, -0.25) is 9.59 Å². The number of carboxylic acid groups (broad SMARTS) is 1. The standard InChI is InChI=1S/C19H24N2O6/c22-17(21-16(19(24)25)13-5-2-8-26-11-13)12-4-1-6-14(10-12)20-18(23)15-7-3-9-27-15/h1,4,6,10,13,15-16H,2-3,5,7-9,11H2,(H,20,23)(H,21,22)(H,24,25). The Balaban J connectivity index is 1.64. The molecule has 2 fully saturated rings. The van der Waals surface area contributed by atoms with Gasteiger partial charge < -0.3 is 25.2 Å². The Bertz CT molecular complexity index is 695. The third-order valence-corrected chi connectivity index (χ3v) is 4.83. The summed E-state index contributed by atoms with van der Waals surface area (Å²) in [6, 6.07) is 5.40. The van der Waals surface area contributed by atoms with Gasteiger partial charge in [0.1, 0.15) is 12.1 Å². The average Bonchev–Trinajstić information content (AvgIpc) is 3.21. The largest absolute Gasteiger partial charge is 0.480 e. The summed E-state index contributed by atoms with van der Waals surface area (Å²) in [6.45, 7) is 1.50. The highest BCUT2D eigenvalue weighted by Crippen LogP contribution is 2.19. The first-order chi connectivity index (χ1) is 13.0. The number of benzene rings is 1. The number of nitrogens with one attached hydrogen (secondary N) is 2. The highest BCUT2D eigenvalue weighted by atomic mass is 16.5. The van der Waals surface area contributed by atoms with E-state index >= 15 is 0 Å². The molecule has 0 saturated carbocycles. The monoisotopic (exact) mass is 376 g/mol. The molecule has 2 saturated heterocycles. The summed E-state index contributed by atoms with van der Waals surface area (Å²) in [6.07, 6.45) is 2.52. The number of carboxylic acids is 1. The van der Waals surface area contributed by atoms with Gasteiger partial charge in [0.15, 0.2) is 0 Å². The molecule has 146 valence electrons. The summed E-state index contributed by atoms with van der Waals surface area (Å²) in [4.78, 5) is 36.3. The van der Waals surface area contributed by atoms with E-state index in [9.17, 15) is 19.5 Å². The zero-order valence-corrected chi connectivity index (χ0v) is 15.0. The van der Waals surface area contributed by atoms with Crippen molar-refractivity contribution in [3.05, 3.63) is 29.8 Å². The molecule has 8 nitrogen and oxygen atoms in total. The van der Waals surface area contributed by atoms with Crippen molar-refractivity contribution in [1.82, 2.24) is 5.32 Å². The van der Waals surface area contributed by atoms with Gasteiger partial charge in [0, 0.05) is 30.4 Å². The van der Waals surface area contributed by atoms with E-state index < -0.39 is 24.0 Å². The number of ether oxygens (including phenoxy) is 2. The fourth-order valence-electron chi connectivity index (χ4n) is 3.38. The number of carbonyl (C=O) groups excluding carboxylic acids is 2. The van der Waals surface area contributed by atoms with Crippen LogP contribution in [0.2, 0.25) is 0 Å². The quantitative estimate of drug-likeness (QED) is 0.692. The maximum atomic E-state index is 12.5. The summed E-state index contributed by atoms with van der Waals surface area (Å²) >= 11 is 0. The van der Waals surface area contributed by atoms with Crippen LogP contribution in [0.4, 0.5) is 5.69 Å². The lowest BCUT2D eigenvalue weighted by Crippen LogP contribution is -2.48. The van der Waals surface area contributed by atoms with Gasteiger partial charge in [-0.05, 0) is 43.9 Å². The van der Waals surface area contributed by atoms with Crippen LogP contribution in [0.5, 0.6) is 0 Å². The minimum atomic E-state index is -1.08. The molecular formula is C19H24N2O6. The number of aliphatic carboxylic acids is 1. The highest BCUT2D eigenvalue weighted by Gasteiger charge is 2.31. The van der Waals surface area contributed by atoms with Crippen molar-refractivity contribution < 1.29 is 29.0 Å². The van der Waals surface area contributed by atoms with Crippen LogP contribution in [0.3, 0.4) is 0 Å². The van der Waals surface area contributed by atoms with Crippen LogP contribution in [0, 0.1) is 5.92 Å². The Morgan fingerprint density at radius 3 is 2.63 bits per heavy atom. The Hall–Kier alpha value is -2.45. The maximum Gasteiger partial charge on any atom is 0.326 e. The van der Waals surface area contributed by atoms with Gasteiger partial charge in [-0.1, -0.05) is 6.07 Å². The van der Waals surface area contributed by atoms with Crippen molar-refractivity contribution in [2.45, 2.75) is 37.8 Å². The van der Waals surface area contributed by atoms with Crippen LogP contribution >= 0.6 is 0 Å². The molecule has 27 heavy (non-hydrogen) atoms. The molecule has 2 aliphatic rings. The van der Waals surface area contributed by atoms with Crippen LogP contribution in [-0.2, 0) is 19.1 Å². The lowest BCUT2D eigenvalue weighted by molar-refractivity contribution is -0.142. The van der Waals surface area contributed by atoms with E-state index in [2.05, 4.69) is 10.6 Å². The van der Waals surface area contributed by atoms with Crippen LogP contribution in [0.1, 0.15) is 36.0 Å². The van der Waals surface area contributed by atoms with Gasteiger partial charge in [-0.15, -0.1) is 0 Å². The van der Waals surface area contributed by atoms with E-state index in [4.69, 9.17) is 9.47 Å². The summed E-state index contributed by atoms with van der Waals surface area (Å²) in [5.41, 5.74) is 0.749. The maximum absolute atomic E-state index is 12.5. The molecule has 3 rings (SSSR count). The SMILES string of the molecule is O=C(NC(C(=O)O)C1CCCOC1)c1cccc(NC(=O)C2CCCO2)c1. The van der Waals surface area contributed by atoms with Gasteiger partial charge >= 0.3 is 5.97 Å². The first-order valence-electron chi connectivity index (χ1n) is 9.18. The van der Waals surface area contributed by atoms with Crippen molar-refractivity contribution in [3.63, 3.8) is 0 Å². The fourth-order valence-corrected chi connectivity index (χ4v) is 3.38. The molecule has 3 N–H and O–H groups in total. The Labute approximate surface area is 157 Å². The van der Waals surface area contributed by atoms with Crippen molar-refractivity contribution in [3.8, 4) is 0 Å². The summed E-state index contributed by atoms with van der Waals surface area (Å²) in [5.74, 6) is -2.08. The molecule has 0 radical (unpaired) electrons. The van der Waals surface area contributed by atoms with E-state index in [0.717, 1.165) is 12.8 Å². The molecule has 1 aromatic carbocycles. The zero-order chi connectivity index (χ0) is 19.2. The number of carbonyl (C=O) groups is 3. The third kappa shape index (κ3) is 5.05. The second kappa shape index (κ2) is 8.96. The minimum absolute atomic E-state index is 0.243. The van der Waals surface area contributed by atoms with Crippen LogP contribution < -0.4 is 10.6 Å². The van der Waals surface area contributed by atoms with Gasteiger partial charge in [-0.2, -0.15) is 0 Å². The highest BCUT2D eigenvalue weighted by molar-refractivity contribution is 5.99. The van der Waals surface area contributed by atoms with Gasteiger partial charge in [0.05, 0.1) is 6.61 Å². The molecule has 8 heteroatoms. The predicted octanol–water partition coefficient (Wildman–Crippen LogP) is 1.41. The summed E-state index contributed by atoms with van der Waals surface area (Å²) < 4.78 is 10.7. The molecule has 2 aliphatic heterocycles. The van der Waals surface area contributed by atoms with E-state index in [1.54, 1.807) is 18.2 Å². The average molecular weight is 376 g/mol. The van der Waals surface area contributed by atoms with Crippen molar-refractivity contribution in [1.29, 1.82) is 0 Å². The van der Waals surface area contributed by atoms with Crippen molar-refractivity contribution in [2.75, 3.05) is 25.1 Å². The van der Waals surface area contributed by atoms with Crippen LogP contribution in [-0.4, -0.2) is 54.9 Å². The number of hydrogen-bond acceptors (Lipinski definition) is 5. The Kier molecular flexibility index (Phi) is 6.41. The molecular weight excluding hydrogens is 352 g/mol. The molecule has 0 spiro atoms. The molecule has 2 heterocycles. The molecule has 0 bridgehead atoms. The van der Waals surface area contributed by atoms with Gasteiger partial charge in [-0.25, -0.2) is 4.79 Å². The van der Waals surface area contributed by atoms with Crippen LogP contribution in [0.15, 0.2) is 24.3 Å². The Morgan fingerprint density at radius 1 is 1.15 bits per heavy atom. The van der Waals surface area contributed by atoms with E-state index in [1.165, 1.54) is 6.07 Å². The molecule has 1 aromatic rings. The summed E-state index contributed by atoms with van der Waals surface area (Å²) in [7, 11) is 0. The van der Waals surface area contributed by atoms with E-state index in [0.29, 0.717) is 38.3 Å². The molecule has 2 amide bonds.